The molecule has 0 unspecified atom stereocenters. The number of hydrogen-bond donors (Lipinski definition) is 4. The van der Waals surface area contributed by atoms with Crippen LogP contribution in [0.1, 0.15) is 12.0 Å². The molecule has 1 rings (SSSR count). The quantitative estimate of drug-likeness (QED) is 0.333. The number of esters is 2. The van der Waals surface area contributed by atoms with Crippen molar-refractivity contribution >= 4 is 24.6 Å². The zero-order valence-electron chi connectivity index (χ0n) is 10.9. The lowest BCUT2D eigenvalue weighted by Crippen LogP contribution is -2.40. The van der Waals surface area contributed by atoms with Crippen molar-refractivity contribution in [3.05, 3.63) is 29.8 Å². The van der Waals surface area contributed by atoms with Gasteiger partial charge in [0.25, 0.3) is 0 Å². The molecule has 0 spiro atoms. The Labute approximate surface area is 122 Å². The zero-order valence-corrected chi connectivity index (χ0v) is 11.8. The van der Waals surface area contributed by atoms with Crippen molar-refractivity contribution in [2.75, 3.05) is 5.75 Å². The molecule has 6 nitrogen and oxygen atoms in total. The molecule has 0 aromatic heterocycles. The summed E-state index contributed by atoms with van der Waals surface area (Å²) < 4.78 is 4.61. The minimum atomic E-state index is -0.966. The average molecular weight is 298 g/mol. The number of phenolic OH excluding ortho intramolecular Hbond substituents is 1. The Morgan fingerprint density at radius 1 is 1.15 bits per heavy atom. The third kappa shape index (κ3) is 5.20. The van der Waals surface area contributed by atoms with Gasteiger partial charge in [-0.25, -0.2) is 9.59 Å². The number of nitrogens with two attached hydrogens (primary N) is 2. The highest BCUT2D eigenvalue weighted by Crippen LogP contribution is 2.11. The third-order valence-corrected chi connectivity index (χ3v) is 2.90. The van der Waals surface area contributed by atoms with Crippen LogP contribution in [0, 0.1) is 0 Å². The van der Waals surface area contributed by atoms with E-state index in [1.807, 2.05) is 0 Å². The monoisotopic (exact) mass is 298 g/mol. The maximum Gasteiger partial charge on any atom is 0.330 e. The zero-order chi connectivity index (χ0) is 15.1. The summed E-state index contributed by atoms with van der Waals surface area (Å²) in [5.74, 6) is -1.08. The number of rotatable bonds is 6. The molecule has 1 aromatic rings. The first kappa shape index (κ1) is 16.5. The molecule has 0 heterocycles. The van der Waals surface area contributed by atoms with E-state index in [0.29, 0.717) is 12.2 Å². The molecule has 0 amide bonds. The van der Waals surface area contributed by atoms with Crippen LogP contribution >= 0.6 is 12.6 Å². The van der Waals surface area contributed by atoms with Crippen LogP contribution in [0.3, 0.4) is 0 Å². The summed E-state index contributed by atoms with van der Waals surface area (Å²) in [6, 6.07) is 4.40. The van der Waals surface area contributed by atoms with Gasteiger partial charge < -0.3 is 21.3 Å². The summed E-state index contributed by atoms with van der Waals surface area (Å²) in [4.78, 5) is 23.1. The second-order valence-electron chi connectivity index (χ2n) is 4.34. The minimum absolute atomic E-state index is 0.123. The fourth-order valence-corrected chi connectivity index (χ4v) is 1.75. The van der Waals surface area contributed by atoms with E-state index in [4.69, 9.17) is 16.6 Å². The van der Waals surface area contributed by atoms with Crippen LogP contribution in [-0.4, -0.2) is 34.9 Å². The van der Waals surface area contributed by atoms with E-state index in [9.17, 15) is 9.59 Å². The maximum atomic E-state index is 11.6. The van der Waals surface area contributed by atoms with Crippen LogP contribution in [0.5, 0.6) is 5.75 Å². The Kier molecular flexibility index (Phi) is 6.50. The predicted molar refractivity (Wildman–Crippen MR) is 77.3 cm³/mol. The van der Waals surface area contributed by atoms with Crippen molar-refractivity contribution in [2.24, 2.45) is 11.5 Å². The molecule has 0 radical (unpaired) electrons. The number of aromatic hydroxyl groups is 1. The van der Waals surface area contributed by atoms with Gasteiger partial charge >= 0.3 is 11.9 Å². The average Bonchev–Trinajstić information content (AvgIpc) is 2.41. The molecule has 20 heavy (non-hydrogen) atoms. The van der Waals surface area contributed by atoms with E-state index < -0.39 is 24.0 Å². The highest BCUT2D eigenvalue weighted by molar-refractivity contribution is 7.80. The SMILES string of the molecule is N[C@H](CCS)C(=O)OC(=O)[C@@H](N)Cc1ccc(O)cc1. The number of carbonyl (C=O) groups excluding carboxylic acids is 2. The molecular weight excluding hydrogens is 280 g/mol. The van der Waals surface area contributed by atoms with E-state index in [1.165, 1.54) is 12.1 Å². The smallest absolute Gasteiger partial charge is 0.330 e. The normalized spacial score (nSPS) is 13.6. The summed E-state index contributed by atoms with van der Waals surface area (Å²) >= 11 is 3.94. The molecule has 0 saturated heterocycles. The van der Waals surface area contributed by atoms with Gasteiger partial charge in [0, 0.05) is 0 Å². The molecule has 7 heteroatoms. The van der Waals surface area contributed by atoms with Gasteiger partial charge in [-0.1, -0.05) is 12.1 Å². The molecule has 2 atom stereocenters. The second-order valence-corrected chi connectivity index (χ2v) is 4.78. The van der Waals surface area contributed by atoms with Gasteiger partial charge in [-0.2, -0.15) is 12.6 Å². The second kappa shape index (κ2) is 7.88. The van der Waals surface area contributed by atoms with Crippen LogP contribution in [0.25, 0.3) is 0 Å². The highest BCUT2D eigenvalue weighted by Gasteiger charge is 2.22. The molecule has 0 fully saturated rings. The van der Waals surface area contributed by atoms with Gasteiger partial charge in [-0.05, 0) is 36.3 Å². The Hall–Kier alpha value is -1.57. The first-order valence-electron chi connectivity index (χ1n) is 6.09. The predicted octanol–water partition coefficient (Wildman–Crippen LogP) is -0.0210. The van der Waals surface area contributed by atoms with E-state index in [1.54, 1.807) is 12.1 Å². The summed E-state index contributed by atoms with van der Waals surface area (Å²) in [5.41, 5.74) is 11.9. The maximum absolute atomic E-state index is 11.6. The van der Waals surface area contributed by atoms with E-state index >= 15 is 0 Å². The molecule has 5 N–H and O–H groups in total. The molecule has 0 aliphatic heterocycles. The Morgan fingerprint density at radius 3 is 2.25 bits per heavy atom. The van der Waals surface area contributed by atoms with Gasteiger partial charge in [0.05, 0.1) is 0 Å². The number of benzene rings is 1. The van der Waals surface area contributed by atoms with Crippen molar-refractivity contribution in [2.45, 2.75) is 24.9 Å². The van der Waals surface area contributed by atoms with Gasteiger partial charge in [0.2, 0.25) is 0 Å². The van der Waals surface area contributed by atoms with Crippen molar-refractivity contribution in [1.29, 1.82) is 0 Å². The van der Waals surface area contributed by atoms with Gasteiger partial charge in [0.15, 0.2) is 0 Å². The topological polar surface area (TPSA) is 116 Å². The Bertz CT molecular complexity index is 464. The third-order valence-electron chi connectivity index (χ3n) is 2.64. The number of hydrogen-bond acceptors (Lipinski definition) is 7. The van der Waals surface area contributed by atoms with E-state index in [0.717, 1.165) is 5.56 Å². The van der Waals surface area contributed by atoms with E-state index in [2.05, 4.69) is 17.4 Å². The fourth-order valence-electron chi connectivity index (χ4n) is 1.48. The van der Waals surface area contributed by atoms with Crippen LogP contribution in [-0.2, 0) is 20.7 Å². The lowest BCUT2D eigenvalue weighted by molar-refractivity contribution is -0.161. The van der Waals surface area contributed by atoms with Crippen molar-refractivity contribution < 1.29 is 19.4 Å². The summed E-state index contributed by atoms with van der Waals surface area (Å²) in [7, 11) is 0. The lowest BCUT2D eigenvalue weighted by Gasteiger charge is -2.13. The molecule has 0 bridgehead atoms. The largest absolute Gasteiger partial charge is 0.508 e. The van der Waals surface area contributed by atoms with E-state index in [-0.39, 0.29) is 12.2 Å². The number of phenols is 1. The summed E-state index contributed by atoms with van der Waals surface area (Å²) in [5, 5.41) is 9.14. The first-order valence-corrected chi connectivity index (χ1v) is 6.72. The summed E-state index contributed by atoms with van der Waals surface area (Å²) in [6.07, 6.45) is 0.524. The van der Waals surface area contributed by atoms with Crippen molar-refractivity contribution in [3.63, 3.8) is 0 Å². The van der Waals surface area contributed by atoms with Crippen LogP contribution in [0.15, 0.2) is 24.3 Å². The van der Waals surface area contributed by atoms with Gasteiger partial charge in [-0.3, -0.25) is 0 Å². The first-order chi connectivity index (χ1) is 9.43. The number of thiol groups is 1. The summed E-state index contributed by atoms with van der Waals surface area (Å²) in [6.45, 7) is 0. The van der Waals surface area contributed by atoms with Crippen molar-refractivity contribution in [3.8, 4) is 5.75 Å². The molecule has 0 aliphatic rings. The van der Waals surface area contributed by atoms with Crippen LogP contribution in [0.2, 0.25) is 0 Å². The standard InChI is InChI=1S/C13H18N2O4S/c14-10(5-6-20)12(17)19-13(18)11(15)7-8-1-3-9(16)4-2-8/h1-4,10-11,16,20H,5-7,14-15H2/t10-,11+/m1/s1. The van der Waals surface area contributed by atoms with Crippen LogP contribution < -0.4 is 11.5 Å². The Balaban J connectivity index is 2.50. The molecule has 110 valence electrons. The molecule has 0 aliphatic carbocycles. The molecular formula is C13H18N2O4S. The number of ether oxygens (including phenoxy) is 1. The lowest BCUT2D eigenvalue weighted by atomic mass is 10.1. The Morgan fingerprint density at radius 2 is 1.70 bits per heavy atom. The number of carbonyl (C=O) groups is 2. The molecule has 0 saturated carbocycles. The molecule has 1 aromatic carbocycles. The minimum Gasteiger partial charge on any atom is -0.508 e. The van der Waals surface area contributed by atoms with Gasteiger partial charge in [-0.15, -0.1) is 0 Å². The van der Waals surface area contributed by atoms with Crippen molar-refractivity contribution in [1.82, 2.24) is 0 Å². The fraction of sp³-hybridized carbons (Fsp3) is 0.385. The van der Waals surface area contributed by atoms with Crippen LogP contribution in [0.4, 0.5) is 0 Å². The van der Waals surface area contributed by atoms with Gasteiger partial charge in [0.1, 0.15) is 17.8 Å². The highest BCUT2D eigenvalue weighted by atomic mass is 32.1.